The number of carbonyl (C=O) groups excluding carboxylic acids is 2. The molecular formula is C26H32N4O4. The Bertz CT molecular complexity index is 1180. The van der Waals surface area contributed by atoms with Crippen molar-refractivity contribution in [1.29, 1.82) is 0 Å². The van der Waals surface area contributed by atoms with Crippen molar-refractivity contribution >= 4 is 11.9 Å². The topological polar surface area (TPSA) is 78.2 Å². The van der Waals surface area contributed by atoms with Crippen LogP contribution in [0.4, 0.5) is 4.79 Å². The van der Waals surface area contributed by atoms with Gasteiger partial charge in [0.1, 0.15) is 17.2 Å². The molecule has 34 heavy (non-hydrogen) atoms. The molecule has 2 saturated heterocycles. The fraction of sp³-hybridized carbons (Fsp3) is 0.462. The highest BCUT2D eigenvalue weighted by atomic mass is 16.5. The van der Waals surface area contributed by atoms with Crippen molar-refractivity contribution in [2.24, 2.45) is 7.05 Å². The van der Waals surface area contributed by atoms with Crippen molar-refractivity contribution in [2.75, 3.05) is 26.7 Å². The molecule has 4 heterocycles. The minimum Gasteiger partial charge on any atom is -0.507 e. The second-order valence-electron chi connectivity index (χ2n) is 9.50. The molecule has 2 aromatic rings. The van der Waals surface area contributed by atoms with Gasteiger partial charge in [-0.05, 0) is 43.5 Å². The molecule has 2 fully saturated rings. The number of fused-ring (bicyclic) bond motifs is 3. The van der Waals surface area contributed by atoms with Gasteiger partial charge >= 0.3 is 6.03 Å². The van der Waals surface area contributed by atoms with E-state index in [9.17, 15) is 14.7 Å². The van der Waals surface area contributed by atoms with Crippen LogP contribution in [0, 0.1) is 0 Å². The predicted octanol–water partition coefficient (Wildman–Crippen LogP) is 3.67. The van der Waals surface area contributed by atoms with Gasteiger partial charge in [0.15, 0.2) is 0 Å². The average Bonchev–Trinajstić information content (AvgIpc) is 3.28. The van der Waals surface area contributed by atoms with Crippen molar-refractivity contribution in [3.63, 3.8) is 0 Å². The van der Waals surface area contributed by atoms with E-state index < -0.39 is 5.54 Å². The Morgan fingerprint density at radius 1 is 1.26 bits per heavy atom. The zero-order valence-electron chi connectivity index (χ0n) is 20.2. The second-order valence-corrected chi connectivity index (χ2v) is 9.50. The maximum absolute atomic E-state index is 13.6. The largest absolute Gasteiger partial charge is 0.507 e. The highest BCUT2D eigenvalue weighted by molar-refractivity contribution is 5.93. The molecule has 8 heteroatoms. The van der Waals surface area contributed by atoms with Gasteiger partial charge in [0.05, 0.1) is 19.2 Å². The van der Waals surface area contributed by atoms with Crippen molar-refractivity contribution < 1.29 is 19.4 Å². The number of allylic oxidation sites excluding steroid dienone is 1. The zero-order valence-corrected chi connectivity index (χ0v) is 20.2. The Kier molecular flexibility index (Phi) is 5.34. The van der Waals surface area contributed by atoms with Crippen LogP contribution in [0.5, 0.6) is 11.5 Å². The molecule has 3 aliphatic rings. The number of nitrogens with zero attached hydrogens (tertiary/aromatic N) is 4. The second kappa shape index (κ2) is 8.11. The number of ether oxygens (including phenoxy) is 1. The minimum absolute atomic E-state index is 0.0154. The molecule has 1 aromatic carbocycles. The number of likely N-dealkylation sites (tertiary alicyclic amines) is 1. The maximum atomic E-state index is 13.6. The number of phenols is 1. The molecule has 3 amide bonds. The van der Waals surface area contributed by atoms with Gasteiger partial charge in [-0.15, -0.1) is 0 Å². The summed E-state index contributed by atoms with van der Waals surface area (Å²) in [7, 11) is 3.45. The van der Waals surface area contributed by atoms with Crippen LogP contribution >= 0.6 is 0 Å². The third kappa shape index (κ3) is 3.19. The Labute approximate surface area is 200 Å². The number of benzene rings is 1. The van der Waals surface area contributed by atoms with E-state index in [1.165, 1.54) is 0 Å². The molecule has 8 nitrogen and oxygen atoms in total. The Balaban J connectivity index is 1.49. The summed E-state index contributed by atoms with van der Waals surface area (Å²) in [4.78, 5) is 32.5. The fourth-order valence-electron chi connectivity index (χ4n) is 6.04. The molecule has 0 bridgehead atoms. The third-order valence-corrected chi connectivity index (χ3v) is 7.75. The summed E-state index contributed by atoms with van der Waals surface area (Å²) in [5, 5.41) is 10.7. The Morgan fingerprint density at radius 2 is 2.00 bits per heavy atom. The number of methoxy groups -OCH3 is 1. The lowest BCUT2D eigenvalue weighted by atomic mass is 9.82. The summed E-state index contributed by atoms with van der Waals surface area (Å²) in [5.41, 5.74) is 2.95. The van der Waals surface area contributed by atoms with E-state index in [1.54, 1.807) is 13.2 Å². The smallest absolute Gasteiger partial charge is 0.325 e. The van der Waals surface area contributed by atoms with Gasteiger partial charge in [-0.3, -0.25) is 9.69 Å². The number of likely N-dealkylation sites (N-methyl/N-ethyl adjacent to an activating group) is 1. The van der Waals surface area contributed by atoms with Crippen LogP contribution in [-0.4, -0.2) is 68.6 Å². The van der Waals surface area contributed by atoms with E-state index in [0.29, 0.717) is 50.5 Å². The van der Waals surface area contributed by atoms with Crippen LogP contribution in [0.2, 0.25) is 0 Å². The van der Waals surface area contributed by atoms with Crippen LogP contribution in [-0.2, 0) is 13.6 Å². The monoisotopic (exact) mass is 464 g/mol. The highest BCUT2D eigenvalue weighted by Gasteiger charge is 2.55. The lowest BCUT2D eigenvalue weighted by Gasteiger charge is -2.44. The molecule has 3 aliphatic heterocycles. The van der Waals surface area contributed by atoms with Crippen LogP contribution in [0.25, 0.3) is 0 Å². The summed E-state index contributed by atoms with van der Waals surface area (Å²) in [6, 6.07) is 7.26. The molecule has 0 radical (unpaired) electrons. The Hall–Kier alpha value is -3.42. The van der Waals surface area contributed by atoms with E-state index in [4.69, 9.17) is 4.74 Å². The number of hydrogen-bond acceptors (Lipinski definition) is 4. The first-order chi connectivity index (χ1) is 16.3. The van der Waals surface area contributed by atoms with Gasteiger partial charge in [-0.2, -0.15) is 0 Å². The predicted molar refractivity (Wildman–Crippen MR) is 128 cm³/mol. The van der Waals surface area contributed by atoms with Crippen LogP contribution in [0.1, 0.15) is 54.2 Å². The summed E-state index contributed by atoms with van der Waals surface area (Å²) in [6.07, 6.45) is 5.39. The summed E-state index contributed by atoms with van der Waals surface area (Å²) >= 11 is 0. The Morgan fingerprint density at radius 3 is 2.62 bits per heavy atom. The molecule has 0 unspecified atom stereocenters. The number of piperidine rings is 1. The first-order valence-corrected chi connectivity index (χ1v) is 11.9. The summed E-state index contributed by atoms with van der Waals surface area (Å²) in [6.45, 7) is 6.23. The number of aromatic nitrogens is 1. The van der Waals surface area contributed by atoms with E-state index in [0.717, 1.165) is 16.8 Å². The molecule has 1 atom stereocenters. The van der Waals surface area contributed by atoms with E-state index in [2.05, 4.69) is 13.0 Å². The van der Waals surface area contributed by atoms with Crippen molar-refractivity contribution in [2.45, 2.75) is 44.7 Å². The molecule has 1 spiro atoms. The average molecular weight is 465 g/mol. The number of hydrogen-bond donors (Lipinski definition) is 1. The van der Waals surface area contributed by atoms with Crippen LogP contribution in [0.15, 0.2) is 42.2 Å². The van der Waals surface area contributed by atoms with Gasteiger partial charge in [0, 0.05) is 56.1 Å². The normalized spacial score (nSPS) is 21.3. The first kappa shape index (κ1) is 22.4. The number of aromatic hydroxyl groups is 1. The van der Waals surface area contributed by atoms with Crippen molar-refractivity contribution in [3.8, 4) is 11.5 Å². The van der Waals surface area contributed by atoms with Crippen molar-refractivity contribution in [1.82, 2.24) is 19.3 Å². The standard InChI is InChI=1S/C26H32N4O4/c1-5-30-25(33)29-16-18-14-19(34-4)15-21(31)23(18)17(2)13-22(29)26(30)8-11-28(12-9-26)24(32)20-7-6-10-27(20)3/h6-7,10,13-15,17,31H,5,8-9,11-12,16H2,1-4H3/t17-/m0/s1. The lowest BCUT2D eigenvalue weighted by Crippen LogP contribution is -2.54. The number of urea groups is 1. The fourth-order valence-corrected chi connectivity index (χ4v) is 6.04. The summed E-state index contributed by atoms with van der Waals surface area (Å²) in [5.74, 6) is 0.731. The molecule has 0 saturated carbocycles. The molecule has 1 N–H and O–H groups in total. The van der Waals surface area contributed by atoms with Gasteiger partial charge in [-0.1, -0.05) is 13.0 Å². The SMILES string of the molecule is CCN1C(=O)N2Cc3cc(OC)cc(O)c3[C@@H](C)C=C2C12CCN(C(=O)c1cccn1C)CC2. The molecule has 0 aliphatic carbocycles. The summed E-state index contributed by atoms with van der Waals surface area (Å²) < 4.78 is 7.22. The number of amides is 3. The van der Waals surface area contributed by atoms with Gasteiger partial charge < -0.3 is 24.2 Å². The van der Waals surface area contributed by atoms with E-state index in [-0.39, 0.29) is 23.6 Å². The number of carbonyl (C=O) groups is 2. The highest BCUT2D eigenvalue weighted by Crippen LogP contribution is 2.48. The molecule has 180 valence electrons. The zero-order chi connectivity index (χ0) is 24.2. The van der Waals surface area contributed by atoms with Gasteiger partial charge in [0.2, 0.25) is 0 Å². The first-order valence-electron chi connectivity index (χ1n) is 11.9. The molecule has 5 rings (SSSR count). The molecular weight excluding hydrogens is 432 g/mol. The van der Waals surface area contributed by atoms with Crippen LogP contribution in [0.3, 0.4) is 0 Å². The maximum Gasteiger partial charge on any atom is 0.325 e. The van der Waals surface area contributed by atoms with E-state index >= 15 is 0 Å². The van der Waals surface area contributed by atoms with Crippen LogP contribution < -0.4 is 4.74 Å². The van der Waals surface area contributed by atoms with Gasteiger partial charge in [-0.25, -0.2) is 4.79 Å². The number of aryl methyl sites for hydroxylation is 1. The van der Waals surface area contributed by atoms with Crippen molar-refractivity contribution in [3.05, 3.63) is 59.1 Å². The minimum atomic E-state index is -0.452. The number of rotatable bonds is 3. The number of phenolic OH excluding ortho intramolecular Hbond substituents is 1. The quantitative estimate of drug-likeness (QED) is 0.752. The lowest BCUT2D eigenvalue weighted by molar-refractivity contribution is 0.0567. The van der Waals surface area contributed by atoms with E-state index in [1.807, 2.05) is 57.6 Å². The van der Waals surface area contributed by atoms with Gasteiger partial charge in [0.25, 0.3) is 5.91 Å². The third-order valence-electron chi connectivity index (χ3n) is 7.75. The molecule has 1 aromatic heterocycles.